The zero-order valence-electron chi connectivity index (χ0n) is 9.29. The highest BCUT2D eigenvalue weighted by molar-refractivity contribution is 5.95. The van der Waals surface area contributed by atoms with Crippen LogP contribution in [-0.4, -0.2) is 10.2 Å². The van der Waals surface area contributed by atoms with Crippen molar-refractivity contribution in [2.45, 2.75) is 6.92 Å². The summed E-state index contributed by atoms with van der Waals surface area (Å²) in [4.78, 5) is 0. The second-order valence-corrected chi connectivity index (χ2v) is 3.97. The number of nitrogens with zero attached hydrogens (tertiary/aromatic N) is 1. The van der Waals surface area contributed by atoms with E-state index in [1.54, 1.807) is 12.1 Å². The molecule has 0 spiro atoms. The number of nitrogens with one attached hydrogen (secondary N) is 1. The number of hydrogen-bond donors (Lipinski definition) is 1. The van der Waals surface area contributed by atoms with Gasteiger partial charge in [-0.05, 0) is 48.9 Å². The van der Waals surface area contributed by atoms with Crippen LogP contribution in [0.5, 0.6) is 0 Å². The van der Waals surface area contributed by atoms with Crippen LogP contribution in [0.1, 0.15) is 5.56 Å². The van der Waals surface area contributed by atoms with Crippen LogP contribution in [-0.2, 0) is 0 Å². The molecule has 0 atom stereocenters. The summed E-state index contributed by atoms with van der Waals surface area (Å²) >= 11 is 0. The Morgan fingerprint density at radius 1 is 1.18 bits per heavy atom. The molecule has 0 saturated carbocycles. The van der Waals surface area contributed by atoms with Crippen LogP contribution in [0, 0.1) is 18.8 Å². The normalized spacial score (nSPS) is 10.9. The third kappa shape index (κ3) is 1.60. The lowest BCUT2D eigenvalue weighted by Gasteiger charge is -2.00. The number of hydrogen-bond acceptors (Lipinski definition) is 1. The highest BCUT2D eigenvalue weighted by Gasteiger charge is 2.09. The molecule has 3 aromatic rings. The summed E-state index contributed by atoms with van der Waals surface area (Å²) in [5.41, 5.74) is 3.76. The van der Waals surface area contributed by atoms with Crippen LogP contribution in [0.2, 0.25) is 0 Å². The number of halogens is 1. The zero-order chi connectivity index (χ0) is 11.8. The first kappa shape index (κ1) is 10.0. The lowest BCUT2D eigenvalue weighted by atomic mass is 10.0. The van der Waals surface area contributed by atoms with Crippen molar-refractivity contribution in [3.05, 3.63) is 53.8 Å². The molecule has 17 heavy (non-hydrogen) atoms. The maximum absolute atomic E-state index is 12.9. The van der Waals surface area contributed by atoms with Gasteiger partial charge in [0.1, 0.15) is 11.5 Å². The highest BCUT2D eigenvalue weighted by atomic mass is 19.1. The second kappa shape index (κ2) is 3.70. The van der Waals surface area contributed by atoms with E-state index < -0.39 is 0 Å². The second-order valence-electron chi connectivity index (χ2n) is 3.97. The van der Waals surface area contributed by atoms with E-state index in [2.05, 4.69) is 16.3 Å². The molecule has 1 N–H and O–H groups in total. The number of benzene rings is 2. The fraction of sp³-hybridized carbons (Fsp3) is 0.0714. The summed E-state index contributed by atoms with van der Waals surface area (Å²) in [5.74, 6) is -0.239. The molecule has 0 fully saturated rings. The largest absolute Gasteiger partial charge is 0.277 e. The molecule has 1 heterocycles. The van der Waals surface area contributed by atoms with E-state index in [-0.39, 0.29) is 5.82 Å². The van der Waals surface area contributed by atoms with Crippen molar-refractivity contribution in [2.75, 3.05) is 0 Å². The van der Waals surface area contributed by atoms with Crippen LogP contribution >= 0.6 is 0 Å². The lowest BCUT2D eigenvalue weighted by molar-refractivity contribution is 0.628. The predicted octanol–water partition coefficient (Wildman–Crippen LogP) is 3.48. The summed E-state index contributed by atoms with van der Waals surface area (Å²) in [6.45, 7) is 1.99. The van der Waals surface area contributed by atoms with Crippen molar-refractivity contribution in [1.29, 1.82) is 0 Å². The summed E-state index contributed by atoms with van der Waals surface area (Å²) in [5, 5.41) is 8.31. The van der Waals surface area contributed by atoms with Gasteiger partial charge in [-0.3, -0.25) is 5.10 Å². The quantitative estimate of drug-likeness (QED) is 0.674. The predicted molar refractivity (Wildman–Crippen MR) is 65.1 cm³/mol. The Morgan fingerprint density at radius 3 is 2.71 bits per heavy atom. The number of fused-ring (bicyclic) bond motifs is 1. The van der Waals surface area contributed by atoms with Gasteiger partial charge in [0.2, 0.25) is 0 Å². The maximum Gasteiger partial charge on any atom is 0.123 e. The molecule has 83 valence electrons. The average molecular weight is 225 g/mol. The van der Waals surface area contributed by atoms with E-state index in [0.29, 0.717) is 0 Å². The van der Waals surface area contributed by atoms with Gasteiger partial charge in [0, 0.05) is 10.9 Å². The van der Waals surface area contributed by atoms with Gasteiger partial charge in [0.25, 0.3) is 0 Å². The molecule has 0 aliphatic heterocycles. The minimum Gasteiger partial charge on any atom is -0.277 e. The molecule has 2 nitrogen and oxygen atoms in total. The molecular weight excluding hydrogens is 215 g/mol. The zero-order valence-corrected chi connectivity index (χ0v) is 9.29. The van der Waals surface area contributed by atoms with Crippen molar-refractivity contribution in [3.63, 3.8) is 0 Å². The summed E-state index contributed by atoms with van der Waals surface area (Å²) in [7, 11) is 0. The van der Waals surface area contributed by atoms with E-state index in [0.717, 1.165) is 27.7 Å². The first-order valence-electron chi connectivity index (χ1n) is 5.37. The first-order chi connectivity index (χ1) is 8.25. The minimum absolute atomic E-state index is 0.239. The van der Waals surface area contributed by atoms with Crippen LogP contribution in [0.25, 0.3) is 22.2 Å². The maximum atomic E-state index is 12.9. The molecule has 0 aliphatic carbocycles. The topological polar surface area (TPSA) is 28.7 Å². The number of rotatable bonds is 1. The van der Waals surface area contributed by atoms with Gasteiger partial charge in [-0.1, -0.05) is 6.07 Å². The summed E-state index contributed by atoms with van der Waals surface area (Å²) in [6, 6.07) is 13.3. The van der Waals surface area contributed by atoms with Crippen LogP contribution in [0.4, 0.5) is 4.39 Å². The number of aromatic amines is 1. The number of aryl methyl sites for hydroxylation is 1. The van der Waals surface area contributed by atoms with Crippen molar-refractivity contribution in [1.82, 2.24) is 10.2 Å². The standard InChI is InChI=1S/C14H10FN2/c1-9-3-2-4-12-13(9)14(17-16-12)10-5-7-11(15)8-6-10/h2,4-8H,1H3,(H,16,17). The van der Waals surface area contributed by atoms with Crippen LogP contribution < -0.4 is 0 Å². The van der Waals surface area contributed by atoms with Crippen LogP contribution in [0.15, 0.2) is 36.4 Å². The summed E-state index contributed by atoms with van der Waals surface area (Å²) < 4.78 is 12.9. The first-order valence-corrected chi connectivity index (χ1v) is 5.37. The molecule has 0 amide bonds. The van der Waals surface area contributed by atoms with Gasteiger partial charge >= 0.3 is 0 Å². The lowest BCUT2D eigenvalue weighted by Crippen LogP contribution is -1.82. The Bertz CT molecular complexity index is 668. The number of H-pyrrole nitrogens is 1. The van der Waals surface area contributed by atoms with Gasteiger partial charge < -0.3 is 0 Å². The molecular formula is C14H10FN2. The molecule has 0 unspecified atom stereocenters. The highest BCUT2D eigenvalue weighted by Crippen LogP contribution is 2.28. The smallest absolute Gasteiger partial charge is 0.123 e. The SMILES string of the molecule is Cc1[c]ccc2[nH]nc(-c3ccc(F)cc3)c12. The third-order valence-electron chi connectivity index (χ3n) is 2.84. The Kier molecular flexibility index (Phi) is 2.18. The van der Waals surface area contributed by atoms with Gasteiger partial charge in [-0.2, -0.15) is 5.10 Å². The molecule has 0 aliphatic rings. The van der Waals surface area contributed by atoms with Gasteiger partial charge in [0.05, 0.1) is 5.52 Å². The molecule has 1 aromatic heterocycles. The molecule has 3 rings (SSSR count). The van der Waals surface area contributed by atoms with E-state index in [4.69, 9.17) is 0 Å². The van der Waals surface area contributed by atoms with Gasteiger partial charge in [-0.25, -0.2) is 4.39 Å². The van der Waals surface area contributed by atoms with E-state index in [9.17, 15) is 4.39 Å². The average Bonchev–Trinajstić information content (AvgIpc) is 2.75. The van der Waals surface area contributed by atoms with E-state index >= 15 is 0 Å². The summed E-state index contributed by atoms with van der Waals surface area (Å²) in [6.07, 6.45) is 0. The van der Waals surface area contributed by atoms with Crippen molar-refractivity contribution in [3.8, 4) is 11.3 Å². The van der Waals surface area contributed by atoms with Crippen molar-refractivity contribution in [2.24, 2.45) is 0 Å². The molecule has 1 radical (unpaired) electrons. The molecule has 0 saturated heterocycles. The fourth-order valence-corrected chi connectivity index (χ4v) is 1.99. The monoisotopic (exact) mass is 225 g/mol. The van der Waals surface area contributed by atoms with Crippen LogP contribution in [0.3, 0.4) is 0 Å². The van der Waals surface area contributed by atoms with E-state index in [1.807, 2.05) is 19.1 Å². The van der Waals surface area contributed by atoms with Gasteiger partial charge in [-0.15, -0.1) is 0 Å². The Hall–Kier alpha value is -2.16. The Labute approximate surface area is 98.1 Å². The number of aromatic nitrogens is 2. The Balaban J connectivity index is 2.27. The van der Waals surface area contributed by atoms with Gasteiger partial charge in [0.15, 0.2) is 0 Å². The third-order valence-corrected chi connectivity index (χ3v) is 2.84. The van der Waals surface area contributed by atoms with Crippen molar-refractivity contribution < 1.29 is 4.39 Å². The Morgan fingerprint density at radius 2 is 1.94 bits per heavy atom. The molecule has 2 aromatic carbocycles. The van der Waals surface area contributed by atoms with E-state index in [1.165, 1.54) is 12.1 Å². The van der Waals surface area contributed by atoms with Crippen molar-refractivity contribution >= 4 is 10.9 Å². The molecule has 3 heteroatoms. The fourth-order valence-electron chi connectivity index (χ4n) is 1.99. The molecule has 0 bridgehead atoms. The minimum atomic E-state index is -0.239.